The standard InChI is InChI=1S/C13H12F2N4O/c1-2-19-7-8(6-18-19)5-17-12-3-9(13(16)20)10(14)4-11(12)15/h2-4,6-7,17H,1,5H2,(H2,16,20). The molecule has 0 aliphatic heterocycles. The number of nitrogens with zero attached hydrogens (tertiary/aromatic N) is 2. The summed E-state index contributed by atoms with van der Waals surface area (Å²) in [5.41, 5.74) is 5.41. The lowest BCUT2D eigenvalue weighted by molar-refractivity contribution is 0.0996. The van der Waals surface area contributed by atoms with Crippen molar-refractivity contribution in [3.05, 3.63) is 53.9 Å². The number of benzene rings is 1. The predicted octanol–water partition coefficient (Wildman–Crippen LogP) is 1.97. The molecule has 2 aromatic rings. The van der Waals surface area contributed by atoms with Gasteiger partial charge >= 0.3 is 0 Å². The van der Waals surface area contributed by atoms with E-state index >= 15 is 0 Å². The molecule has 20 heavy (non-hydrogen) atoms. The minimum Gasteiger partial charge on any atom is -0.378 e. The highest BCUT2D eigenvalue weighted by Crippen LogP contribution is 2.20. The van der Waals surface area contributed by atoms with E-state index in [-0.39, 0.29) is 17.8 Å². The first-order valence-electron chi connectivity index (χ1n) is 5.69. The van der Waals surface area contributed by atoms with Gasteiger partial charge in [0.15, 0.2) is 0 Å². The summed E-state index contributed by atoms with van der Waals surface area (Å²) in [4.78, 5) is 11.0. The molecule has 1 aromatic heterocycles. The first kappa shape index (κ1) is 13.7. The summed E-state index contributed by atoms with van der Waals surface area (Å²) >= 11 is 0. The SMILES string of the molecule is C=Cn1cc(CNc2cc(C(N)=O)c(F)cc2F)cn1. The third-order valence-corrected chi connectivity index (χ3v) is 2.65. The molecule has 1 amide bonds. The average molecular weight is 278 g/mol. The van der Waals surface area contributed by atoms with Crippen LogP contribution in [0.15, 0.2) is 31.1 Å². The van der Waals surface area contributed by atoms with Crippen LogP contribution in [0.3, 0.4) is 0 Å². The van der Waals surface area contributed by atoms with Crippen molar-refractivity contribution in [2.24, 2.45) is 5.73 Å². The second kappa shape index (κ2) is 5.52. The number of rotatable bonds is 5. The molecule has 5 nitrogen and oxygen atoms in total. The molecule has 3 N–H and O–H groups in total. The van der Waals surface area contributed by atoms with Gasteiger partial charge in [0.05, 0.1) is 17.4 Å². The zero-order valence-electron chi connectivity index (χ0n) is 10.4. The quantitative estimate of drug-likeness (QED) is 0.878. The van der Waals surface area contributed by atoms with E-state index in [0.29, 0.717) is 6.07 Å². The number of hydrogen-bond donors (Lipinski definition) is 2. The van der Waals surface area contributed by atoms with Gasteiger partial charge in [0.1, 0.15) is 11.6 Å². The molecule has 0 saturated heterocycles. The normalized spacial score (nSPS) is 10.3. The molecule has 0 fully saturated rings. The Labute approximate surface area is 113 Å². The third kappa shape index (κ3) is 2.82. The zero-order chi connectivity index (χ0) is 14.7. The van der Waals surface area contributed by atoms with Crippen molar-refractivity contribution < 1.29 is 13.6 Å². The minimum absolute atomic E-state index is 0.00782. The Bertz CT molecular complexity index is 666. The van der Waals surface area contributed by atoms with Crippen LogP contribution in [-0.2, 0) is 6.54 Å². The zero-order valence-corrected chi connectivity index (χ0v) is 10.4. The number of primary amides is 1. The maximum Gasteiger partial charge on any atom is 0.251 e. The van der Waals surface area contributed by atoms with Gasteiger partial charge in [-0.15, -0.1) is 0 Å². The molecule has 0 radical (unpaired) electrons. The van der Waals surface area contributed by atoms with Crippen molar-refractivity contribution >= 4 is 17.8 Å². The van der Waals surface area contributed by atoms with Gasteiger partial charge in [-0.1, -0.05) is 6.58 Å². The van der Waals surface area contributed by atoms with E-state index in [9.17, 15) is 13.6 Å². The molecule has 1 heterocycles. The lowest BCUT2D eigenvalue weighted by Crippen LogP contribution is -2.14. The van der Waals surface area contributed by atoms with Gasteiger partial charge in [0, 0.05) is 30.6 Å². The number of carbonyl (C=O) groups is 1. The summed E-state index contributed by atoms with van der Waals surface area (Å²) < 4.78 is 28.4. The summed E-state index contributed by atoms with van der Waals surface area (Å²) in [5.74, 6) is -2.74. The lowest BCUT2D eigenvalue weighted by Gasteiger charge is -2.08. The van der Waals surface area contributed by atoms with Crippen LogP contribution >= 0.6 is 0 Å². The fraction of sp³-hybridized carbons (Fsp3) is 0.0769. The fourth-order valence-corrected chi connectivity index (χ4v) is 1.64. The van der Waals surface area contributed by atoms with Crippen LogP contribution in [0.5, 0.6) is 0 Å². The molecule has 0 unspecified atom stereocenters. The molecule has 0 spiro atoms. The number of carbonyl (C=O) groups excluding carboxylic acids is 1. The molecule has 0 saturated carbocycles. The minimum atomic E-state index is -0.986. The van der Waals surface area contributed by atoms with E-state index in [0.717, 1.165) is 11.6 Å². The Hall–Kier alpha value is -2.70. The third-order valence-electron chi connectivity index (χ3n) is 2.65. The Kier molecular flexibility index (Phi) is 3.79. The van der Waals surface area contributed by atoms with E-state index in [1.807, 2.05) is 0 Å². The second-order valence-corrected chi connectivity index (χ2v) is 4.04. The van der Waals surface area contributed by atoms with Crippen LogP contribution in [0, 0.1) is 11.6 Å². The molecule has 1 aromatic carbocycles. The molecule has 2 rings (SSSR count). The molecular formula is C13H12F2N4O. The predicted molar refractivity (Wildman–Crippen MR) is 70.8 cm³/mol. The van der Waals surface area contributed by atoms with Crippen molar-refractivity contribution in [1.29, 1.82) is 0 Å². The summed E-state index contributed by atoms with van der Waals surface area (Å²) in [6.07, 6.45) is 4.77. The summed E-state index contributed by atoms with van der Waals surface area (Å²) in [6.45, 7) is 3.80. The second-order valence-electron chi connectivity index (χ2n) is 4.04. The van der Waals surface area contributed by atoms with Crippen molar-refractivity contribution in [2.75, 3.05) is 5.32 Å². The average Bonchev–Trinajstić information content (AvgIpc) is 2.85. The van der Waals surface area contributed by atoms with E-state index in [1.54, 1.807) is 12.4 Å². The van der Waals surface area contributed by atoms with Gasteiger partial charge < -0.3 is 11.1 Å². The maximum atomic E-state index is 13.6. The highest BCUT2D eigenvalue weighted by atomic mass is 19.1. The fourth-order valence-electron chi connectivity index (χ4n) is 1.64. The van der Waals surface area contributed by atoms with Crippen LogP contribution < -0.4 is 11.1 Å². The van der Waals surface area contributed by atoms with E-state index in [4.69, 9.17) is 5.73 Å². The first-order valence-corrected chi connectivity index (χ1v) is 5.69. The van der Waals surface area contributed by atoms with Crippen LogP contribution in [0.1, 0.15) is 15.9 Å². The topological polar surface area (TPSA) is 72.9 Å². The number of amides is 1. The van der Waals surface area contributed by atoms with Crippen LogP contribution in [0.25, 0.3) is 6.20 Å². The highest BCUT2D eigenvalue weighted by Gasteiger charge is 2.13. The number of nitrogens with two attached hydrogens (primary N) is 1. The van der Waals surface area contributed by atoms with Gasteiger partial charge in [0.25, 0.3) is 5.91 Å². The van der Waals surface area contributed by atoms with Gasteiger partial charge in [-0.3, -0.25) is 4.79 Å². The molecule has 0 aliphatic carbocycles. The van der Waals surface area contributed by atoms with Crippen molar-refractivity contribution in [3.8, 4) is 0 Å². The Morgan fingerprint density at radius 1 is 1.45 bits per heavy atom. The summed E-state index contributed by atoms with van der Waals surface area (Å²) in [7, 11) is 0. The van der Waals surface area contributed by atoms with Crippen LogP contribution in [-0.4, -0.2) is 15.7 Å². The summed E-state index contributed by atoms with van der Waals surface area (Å²) in [6, 6.07) is 1.67. The van der Waals surface area contributed by atoms with E-state index < -0.39 is 17.5 Å². The van der Waals surface area contributed by atoms with E-state index in [2.05, 4.69) is 17.0 Å². The first-order chi connectivity index (χ1) is 9.51. The van der Waals surface area contributed by atoms with Crippen molar-refractivity contribution in [1.82, 2.24) is 9.78 Å². The van der Waals surface area contributed by atoms with Crippen molar-refractivity contribution in [2.45, 2.75) is 6.54 Å². The molecule has 0 bridgehead atoms. The van der Waals surface area contributed by atoms with Crippen molar-refractivity contribution in [3.63, 3.8) is 0 Å². The maximum absolute atomic E-state index is 13.6. The Morgan fingerprint density at radius 2 is 2.20 bits per heavy atom. The number of aromatic nitrogens is 2. The highest BCUT2D eigenvalue weighted by molar-refractivity contribution is 5.94. The number of halogens is 2. The van der Waals surface area contributed by atoms with Gasteiger partial charge in [-0.05, 0) is 6.07 Å². The lowest BCUT2D eigenvalue weighted by atomic mass is 10.1. The molecule has 0 atom stereocenters. The number of anilines is 1. The number of hydrogen-bond acceptors (Lipinski definition) is 3. The van der Waals surface area contributed by atoms with Gasteiger partial charge in [0.2, 0.25) is 0 Å². The van der Waals surface area contributed by atoms with Crippen LogP contribution in [0.4, 0.5) is 14.5 Å². The molecule has 7 heteroatoms. The van der Waals surface area contributed by atoms with E-state index in [1.165, 1.54) is 10.9 Å². The van der Waals surface area contributed by atoms with Crippen LogP contribution in [0.2, 0.25) is 0 Å². The largest absolute Gasteiger partial charge is 0.378 e. The monoisotopic (exact) mass is 278 g/mol. The molecular weight excluding hydrogens is 266 g/mol. The Morgan fingerprint density at radius 3 is 2.80 bits per heavy atom. The Balaban J connectivity index is 2.18. The molecule has 104 valence electrons. The molecule has 0 aliphatic rings. The summed E-state index contributed by atoms with van der Waals surface area (Å²) in [5, 5.41) is 6.71. The smallest absolute Gasteiger partial charge is 0.251 e. The van der Waals surface area contributed by atoms with Gasteiger partial charge in [-0.2, -0.15) is 5.10 Å². The number of nitrogens with one attached hydrogen (secondary N) is 1. The van der Waals surface area contributed by atoms with Gasteiger partial charge in [-0.25, -0.2) is 13.5 Å².